The van der Waals surface area contributed by atoms with E-state index in [-0.39, 0.29) is 24.7 Å². The van der Waals surface area contributed by atoms with Crippen molar-refractivity contribution in [2.45, 2.75) is 25.8 Å². The number of para-hydroxylation sites is 2. The fourth-order valence-electron chi connectivity index (χ4n) is 3.86. The lowest BCUT2D eigenvalue weighted by Crippen LogP contribution is -2.32. The highest BCUT2D eigenvalue weighted by atomic mass is 16.4. The van der Waals surface area contributed by atoms with Gasteiger partial charge in [-0.05, 0) is 41.8 Å². The molecule has 1 aromatic heterocycles. The van der Waals surface area contributed by atoms with E-state index < -0.39 is 11.9 Å². The lowest BCUT2D eigenvalue weighted by Gasteiger charge is -2.18. The van der Waals surface area contributed by atoms with Crippen LogP contribution < -0.4 is 5.32 Å². The topological polar surface area (TPSA) is 115 Å². The van der Waals surface area contributed by atoms with Crippen molar-refractivity contribution in [2.75, 3.05) is 12.4 Å². The van der Waals surface area contributed by atoms with Crippen LogP contribution in [0.3, 0.4) is 0 Å². The van der Waals surface area contributed by atoms with Gasteiger partial charge in [0.15, 0.2) is 0 Å². The number of hydrogen-bond donors (Lipinski definition) is 3. The molecular weight excluding hydrogens is 384 g/mol. The number of carboxylic acids is 1. The summed E-state index contributed by atoms with van der Waals surface area (Å²) in [6.07, 6.45) is 0.293. The third kappa shape index (κ3) is 4.17. The summed E-state index contributed by atoms with van der Waals surface area (Å²) in [5.41, 5.74) is 4.16. The molecule has 8 nitrogen and oxygen atoms in total. The Morgan fingerprint density at radius 1 is 1.23 bits per heavy atom. The molecule has 3 N–H and O–H groups in total. The molecule has 0 aliphatic carbocycles. The van der Waals surface area contributed by atoms with Crippen molar-refractivity contribution in [1.29, 1.82) is 0 Å². The lowest BCUT2D eigenvalue weighted by atomic mass is 9.94. The molecule has 2 amide bonds. The number of nitrogens with one attached hydrogen (secondary N) is 2. The molecule has 3 aromatic rings. The largest absolute Gasteiger partial charge is 0.481 e. The fourth-order valence-corrected chi connectivity index (χ4v) is 3.86. The van der Waals surface area contributed by atoms with E-state index in [2.05, 4.69) is 15.3 Å². The molecule has 0 radical (unpaired) electrons. The van der Waals surface area contributed by atoms with Gasteiger partial charge >= 0.3 is 5.97 Å². The molecule has 1 unspecified atom stereocenters. The molecule has 2 heterocycles. The Balaban J connectivity index is 1.48. The first-order chi connectivity index (χ1) is 14.4. The molecule has 0 saturated heterocycles. The van der Waals surface area contributed by atoms with Crippen LogP contribution in [0.1, 0.15) is 23.4 Å². The minimum Gasteiger partial charge on any atom is -0.481 e. The zero-order valence-corrected chi connectivity index (χ0v) is 16.5. The standard InChI is InChI=1S/C22H22N4O4/c1-26-12-15-9-16(7-6-13(15)8-14(22(26)30)10-21(28)29)23-20(27)11-19-24-17-4-2-3-5-18(17)25-19/h2-7,9,14H,8,10-12H2,1H3,(H,23,27)(H,24,25)(H,28,29). The summed E-state index contributed by atoms with van der Waals surface area (Å²) in [5.74, 6) is -1.35. The monoisotopic (exact) mass is 406 g/mol. The van der Waals surface area contributed by atoms with Crippen molar-refractivity contribution in [3.63, 3.8) is 0 Å². The summed E-state index contributed by atoms with van der Waals surface area (Å²) in [6.45, 7) is 0.373. The van der Waals surface area contributed by atoms with Crippen LogP contribution in [0.15, 0.2) is 42.5 Å². The Bertz CT molecular complexity index is 1100. The highest BCUT2D eigenvalue weighted by Crippen LogP contribution is 2.26. The van der Waals surface area contributed by atoms with E-state index in [1.807, 2.05) is 36.4 Å². The zero-order valence-electron chi connectivity index (χ0n) is 16.5. The highest BCUT2D eigenvalue weighted by Gasteiger charge is 2.29. The van der Waals surface area contributed by atoms with Crippen LogP contribution in [0.4, 0.5) is 5.69 Å². The van der Waals surface area contributed by atoms with Crippen molar-refractivity contribution >= 4 is 34.5 Å². The number of carboxylic acid groups (broad SMARTS) is 1. The smallest absolute Gasteiger partial charge is 0.304 e. The third-order valence-corrected chi connectivity index (χ3v) is 5.28. The lowest BCUT2D eigenvalue weighted by molar-refractivity contribution is -0.143. The first-order valence-corrected chi connectivity index (χ1v) is 9.71. The number of nitrogens with zero attached hydrogens (tertiary/aromatic N) is 2. The van der Waals surface area contributed by atoms with Crippen molar-refractivity contribution in [3.8, 4) is 0 Å². The van der Waals surface area contributed by atoms with Crippen molar-refractivity contribution in [3.05, 3.63) is 59.4 Å². The summed E-state index contributed by atoms with van der Waals surface area (Å²) in [6, 6.07) is 13.1. The number of amides is 2. The molecule has 154 valence electrons. The van der Waals surface area contributed by atoms with Gasteiger partial charge in [-0.15, -0.1) is 0 Å². The SMILES string of the molecule is CN1Cc2cc(NC(=O)Cc3nc4ccccc4[nH]3)ccc2CC(CC(=O)O)C1=O. The number of H-pyrrole nitrogens is 1. The van der Waals surface area contributed by atoms with Crippen LogP contribution in [0, 0.1) is 5.92 Å². The van der Waals surface area contributed by atoms with Gasteiger partial charge in [-0.3, -0.25) is 14.4 Å². The summed E-state index contributed by atoms with van der Waals surface area (Å²) >= 11 is 0. The van der Waals surface area contributed by atoms with Crippen molar-refractivity contribution in [2.24, 2.45) is 5.92 Å². The van der Waals surface area contributed by atoms with E-state index >= 15 is 0 Å². The Morgan fingerprint density at radius 3 is 2.80 bits per heavy atom. The minimum absolute atomic E-state index is 0.116. The maximum atomic E-state index is 12.5. The number of carbonyl (C=O) groups is 3. The third-order valence-electron chi connectivity index (χ3n) is 5.28. The average molecular weight is 406 g/mol. The van der Waals surface area contributed by atoms with Crippen LogP contribution >= 0.6 is 0 Å². The van der Waals surface area contributed by atoms with Gasteiger partial charge in [-0.25, -0.2) is 4.98 Å². The predicted molar refractivity (Wildman–Crippen MR) is 111 cm³/mol. The number of rotatable bonds is 5. The number of aromatic nitrogens is 2. The van der Waals surface area contributed by atoms with Crippen molar-refractivity contribution in [1.82, 2.24) is 14.9 Å². The Morgan fingerprint density at radius 2 is 2.03 bits per heavy atom. The molecule has 0 saturated carbocycles. The van der Waals surface area contributed by atoms with Crippen LogP contribution in [0.25, 0.3) is 11.0 Å². The average Bonchev–Trinajstić information content (AvgIpc) is 3.05. The van der Waals surface area contributed by atoms with E-state index in [1.165, 1.54) is 0 Å². The van der Waals surface area contributed by atoms with E-state index in [4.69, 9.17) is 5.11 Å². The number of aliphatic carboxylic acids is 1. The second-order valence-corrected chi connectivity index (χ2v) is 7.60. The normalized spacial score (nSPS) is 16.2. The summed E-state index contributed by atoms with van der Waals surface area (Å²) in [7, 11) is 1.67. The molecule has 1 aliphatic rings. The summed E-state index contributed by atoms with van der Waals surface area (Å²) in [4.78, 5) is 45.2. The van der Waals surface area contributed by atoms with Gasteiger partial charge in [-0.1, -0.05) is 18.2 Å². The van der Waals surface area contributed by atoms with Crippen molar-refractivity contribution < 1.29 is 19.5 Å². The van der Waals surface area contributed by atoms with Gasteiger partial charge in [0, 0.05) is 19.3 Å². The maximum Gasteiger partial charge on any atom is 0.304 e. The predicted octanol–water partition coefficient (Wildman–Crippen LogP) is 2.35. The second-order valence-electron chi connectivity index (χ2n) is 7.60. The molecule has 4 rings (SSSR count). The molecule has 8 heteroatoms. The quantitative estimate of drug-likeness (QED) is 0.602. The van der Waals surface area contributed by atoms with Gasteiger partial charge in [0.25, 0.3) is 0 Å². The van der Waals surface area contributed by atoms with E-state index in [1.54, 1.807) is 18.0 Å². The fraction of sp³-hybridized carbons (Fsp3) is 0.273. The van der Waals surface area contributed by atoms with Crippen LogP contribution in [0.2, 0.25) is 0 Å². The number of hydrogen-bond acceptors (Lipinski definition) is 4. The summed E-state index contributed by atoms with van der Waals surface area (Å²) in [5, 5.41) is 12.0. The van der Waals surface area contributed by atoms with Gasteiger partial charge in [-0.2, -0.15) is 0 Å². The molecule has 2 aromatic carbocycles. The summed E-state index contributed by atoms with van der Waals surface area (Å²) < 4.78 is 0. The molecule has 0 spiro atoms. The van der Waals surface area contributed by atoms with Crippen LogP contribution in [0.5, 0.6) is 0 Å². The molecule has 0 bridgehead atoms. The van der Waals surface area contributed by atoms with Crippen LogP contribution in [-0.4, -0.2) is 44.8 Å². The van der Waals surface area contributed by atoms with E-state index in [0.29, 0.717) is 24.5 Å². The van der Waals surface area contributed by atoms with E-state index in [0.717, 1.165) is 22.2 Å². The minimum atomic E-state index is -0.986. The van der Waals surface area contributed by atoms with Crippen LogP contribution in [-0.2, 0) is 33.8 Å². The number of anilines is 1. The number of fused-ring (bicyclic) bond motifs is 2. The molecule has 30 heavy (non-hydrogen) atoms. The Hall–Kier alpha value is -3.68. The second kappa shape index (κ2) is 7.98. The number of benzene rings is 2. The van der Waals surface area contributed by atoms with Gasteiger partial charge in [0.2, 0.25) is 11.8 Å². The highest BCUT2D eigenvalue weighted by molar-refractivity contribution is 5.92. The molecular formula is C22H22N4O4. The Labute approximate surface area is 172 Å². The number of imidazole rings is 1. The van der Waals surface area contributed by atoms with Gasteiger partial charge in [0.05, 0.1) is 29.8 Å². The Kier molecular flexibility index (Phi) is 5.22. The number of aromatic amines is 1. The first-order valence-electron chi connectivity index (χ1n) is 9.71. The van der Waals surface area contributed by atoms with Gasteiger partial charge < -0.3 is 20.3 Å². The molecule has 1 aliphatic heterocycles. The molecule has 0 fully saturated rings. The number of carbonyl (C=O) groups excluding carboxylic acids is 2. The first kappa shape index (κ1) is 19.6. The van der Waals surface area contributed by atoms with E-state index in [9.17, 15) is 14.4 Å². The maximum absolute atomic E-state index is 12.5. The van der Waals surface area contributed by atoms with Gasteiger partial charge in [0.1, 0.15) is 5.82 Å². The molecule has 1 atom stereocenters. The zero-order chi connectivity index (χ0) is 21.3.